The maximum atomic E-state index is 12.4. The molecule has 1 aromatic carbocycles. The summed E-state index contributed by atoms with van der Waals surface area (Å²) < 4.78 is 10.3. The van der Waals surface area contributed by atoms with E-state index < -0.39 is 28.6 Å². The van der Waals surface area contributed by atoms with Crippen LogP contribution in [0.25, 0.3) is 0 Å². The first-order valence-corrected chi connectivity index (χ1v) is 7.94. The highest BCUT2D eigenvalue weighted by molar-refractivity contribution is 5.83. The van der Waals surface area contributed by atoms with E-state index in [1.807, 2.05) is 13.8 Å². The number of esters is 1. The van der Waals surface area contributed by atoms with E-state index in [0.717, 1.165) is 0 Å². The number of carbonyl (C=O) groups excluding carboxylic acids is 2. The SMILES string of the molecule is CC(C)CC(NC(=O)OC(C)(C)C)C(=O)Oc1ccccc1[N+](=O)[O-]. The Bertz CT molecular complexity index is 636. The van der Waals surface area contributed by atoms with Crippen LogP contribution in [0.1, 0.15) is 41.0 Å². The smallest absolute Gasteiger partial charge is 0.408 e. The number of amides is 1. The second-order valence-electron chi connectivity index (χ2n) is 6.97. The fraction of sp³-hybridized carbons (Fsp3) is 0.529. The van der Waals surface area contributed by atoms with E-state index in [4.69, 9.17) is 9.47 Å². The number of rotatable bonds is 6. The van der Waals surface area contributed by atoms with E-state index in [2.05, 4.69) is 5.32 Å². The van der Waals surface area contributed by atoms with Gasteiger partial charge in [-0.25, -0.2) is 9.59 Å². The number of benzene rings is 1. The average molecular weight is 352 g/mol. The zero-order valence-corrected chi connectivity index (χ0v) is 15.1. The van der Waals surface area contributed by atoms with Crippen molar-refractivity contribution >= 4 is 17.7 Å². The van der Waals surface area contributed by atoms with Gasteiger partial charge in [0.25, 0.3) is 0 Å². The number of nitrogens with zero attached hydrogens (tertiary/aromatic N) is 1. The second kappa shape index (κ2) is 8.46. The molecule has 0 bridgehead atoms. The summed E-state index contributed by atoms with van der Waals surface area (Å²) in [5, 5.41) is 13.5. The topological polar surface area (TPSA) is 108 Å². The van der Waals surface area contributed by atoms with Crippen LogP contribution >= 0.6 is 0 Å². The average Bonchev–Trinajstić information content (AvgIpc) is 2.44. The van der Waals surface area contributed by atoms with Crippen LogP contribution in [0.5, 0.6) is 5.75 Å². The van der Waals surface area contributed by atoms with Crippen LogP contribution in [-0.2, 0) is 9.53 Å². The summed E-state index contributed by atoms with van der Waals surface area (Å²) in [5.41, 5.74) is -1.04. The molecule has 25 heavy (non-hydrogen) atoms. The number of para-hydroxylation sites is 2. The number of nitro groups is 1. The zero-order valence-electron chi connectivity index (χ0n) is 15.1. The Balaban J connectivity index is 2.91. The molecule has 8 nitrogen and oxygen atoms in total. The lowest BCUT2D eigenvalue weighted by atomic mass is 10.0. The summed E-state index contributed by atoms with van der Waals surface area (Å²) >= 11 is 0. The summed E-state index contributed by atoms with van der Waals surface area (Å²) in [7, 11) is 0. The Morgan fingerprint density at radius 3 is 2.36 bits per heavy atom. The van der Waals surface area contributed by atoms with Gasteiger partial charge in [0.2, 0.25) is 5.75 Å². The Morgan fingerprint density at radius 2 is 1.84 bits per heavy atom. The Morgan fingerprint density at radius 1 is 1.24 bits per heavy atom. The lowest BCUT2D eigenvalue weighted by Gasteiger charge is -2.23. The molecule has 1 N–H and O–H groups in total. The molecule has 1 rings (SSSR count). The normalized spacial score (nSPS) is 12.4. The van der Waals surface area contributed by atoms with Crippen LogP contribution in [0, 0.1) is 16.0 Å². The molecule has 0 fully saturated rings. The van der Waals surface area contributed by atoms with E-state index in [-0.39, 0.29) is 17.4 Å². The van der Waals surface area contributed by atoms with Crippen molar-refractivity contribution in [2.45, 2.75) is 52.7 Å². The van der Waals surface area contributed by atoms with Crippen LogP contribution < -0.4 is 10.1 Å². The number of hydrogen-bond acceptors (Lipinski definition) is 6. The molecule has 8 heteroatoms. The first kappa shape index (κ1) is 20.4. The van der Waals surface area contributed by atoms with Gasteiger partial charge in [-0.2, -0.15) is 0 Å². The van der Waals surface area contributed by atoms with E-state index in [1.165, 1.54) is 24.3 Å². The molecular formula is C17H24N2O6. The standard InChI is InChI=1S/C17H24N2O6/c1-11(2)10-12(18-16(21)25-17(3,4)5)15(20)24-14-9-7-6-8-13(14)19(22)23/h6-9,11-12H,10H2,1-5H3,(H,18,21). The molecule has 138 valence electrons. The van der Waals surface area contributed by atoms with Gasteiger partial charge in [0, 0.05) is 6.07 Å². The van der Waals surface area contributed by atoms with Crippen molar-refractivity contribution in [3.05, 3.63) is 34.4 Å². The van der Waals surface area contributed by atoms with Gasteiger partial charge < -0.3 is 14.8 Å². The van der Waals surface area contributed by atoms with Crippen LogP contribution in [0.15, 0.2) is 24.3 Å². The van der Waals surface area contributed by atoms with E-state index in [1.54, 1.807) is 20.8 Å². The van der Waals surface area contributed by atoms with Crippen molar-refractivity contribution in [2.75, 3.05) is 0 Å². The minimum atomic E-state index is -0.977. The van der Waals surface area contributed by atoms with Gasteiger partial charge in [0.15, 0.2) is 0 Å². The lowest BCUT2D eigenvalue weighted by Crippen LogP contribution is -2.45. The predicted octanol–water partition coefficient (Wildman–Crippen LogP) is 3.44. The molecular weight excluding hydrogens is 328 g/mol. The molecule has 1 unspecified atom stereocenters. The van der Waals surface area contributed by atoms with Gasteiger partial charge in [-0.05, 0) is 39.2 Å². The summed E-state index contributed by atoms with van der Waals surface area (Å²) in [6, 6.07) is 4.58. The third kappa shape index (κ3) is 7.19. The van der Waals surface area contributed by atoms with E-state index in [9.17, 15) is 19.7 Å². The monoisotopic (exact) mass is 352 g/mol. The number of hydrogen-bond donors (Lipinski definition) is 1. The van der Waals surface area contributed by atoms with Crippen molar-refractivity contribution in [3.63, 3.8) is 0 Å². The molecule has 1 amide bonds. The number of nitrogens with one attached hydrogen (secondary N) is 1. The van der Waals surface area contributed by atoms with Gasteiger partial charge in [-0.1, -0.05) is 26.0 Å². The van der Waals surface area contributed by atoms with E-state index >= 15 is 0 Å². The van der Waals surface area contributed by atoms with Gasteiger partial charge in [-0.15, -0.1) is 0 Å². The van der Waals surface area contributed by atoms with Crippen molar-refractivity contribution in [2.24, 2.45) is 5.92 Å². The molecule has 0 aliphatic rings. The van der Waals surface area contributed by atoms with E-state index in [0.29, 0.717) is 6.42 Å². The third-order valence-electron chi connectivity index (χ3n) is 2.96. The van der Waals surface area contributed by atoms with Crippen LogP contribution in [0.4, 0.5) is 10.5 Å². The quantitative estimate of drug-likeness (QED) is 0.364. The summed E-state index contributed by atoms with van der Waals surface area (Å²) in [5.74, 6) is -0.871. The molecule has 0 saturated heterocycles. The van der Waals surface area contributed by atoms with Crippen molar-refractivity contribution in [3.8, 4) is 5.75 Å². The molecule has 0 spiro atoms. The zero-order chi connectivity index (χ0) is 19.2. The fourth-order valence-electron chi connectivity index (χ4n) is 2.01. The molecule has 0 radical (unpaired) electrons. The maximum absolute atomic E-state index is 12.4. The highest BCUT2D eigenvalue weighted by Crippen LogP contribution is 2.26. The van der Waals surface area contributed by atoms with Crippen molar-refractivity contribution in [1.29, 1.82) is 0 Å². The molecule has 0 heterocycles. The Labute approximate surface area is 146 Å². The molecule has 0 aromatic heterocycles. The van der Waals surface area contributed by atoms with Gasteiger partial charge in [-0.3, -0.25) is 10.1 Å². The molecule has 0 aliphatic carbocycles. The number of nitro benzene ring substituents is 1. The summed E-state index contributed by atoms with van der Waals surface area (Å²) in [4.78, 5) is 34.7. The lowest BCUT2D eigenvalue weighted by molar-refractivity contribution is -0.385. The Kier molecular flexibility index (Phi) is 6.90. The van der Waals surface area contributed by atoms with Crippen molar-refractivity contribution < 1.29 is 24.0 Å². The Hall–Kier alpha value is -2.64. The molecule has 1 atom stereocenters. The number of carbonyl (C=O) groups is 2. The van der Waals surface area contributed by atoms with Crippen LogP contribution in [0.2, 0.25) is 0 Å². The first-order valence-electron chi connectivity index (χ1n) is 7.94. The maximum Gasteiger partial charge on any atom is 0.408 e. The number of ether oxygens (including phenoxy) is 2. The summed E-state index contributed by atoms with van der Waals surface area (Å²) in [6.45, 7) is 8.87. The van der Waals surface area contributed by atoms with Crippen LogP contribution in [-0.4, -0.2) is 28.6 Å². The second-order valence-corrected chi connectivity index (χ2v) is 6.97. The largest absolute Gasteiger partial charge is 0.444 e. The molecule has 1 aromatic rings. The predicted molar refractivity (Wildman–Crippen MR) is 91.3 cm³/mol. The third-order valence-corrected chi connectivity index (χ3v) is 2.96. The molecule has 0 aliphatic heterocycles. The van der Waals surface area contributed by atoms with Gasteiger partial charge in [0.1, 0.15) is 11.6 Å². The summed E-state index contributed by atoms with van der Waals surface area (Å²) in [6.07, 6.45) is -0.448. The first-order chi connectivity index (χ1) is 11.5. The fourth-order valence-corrected chi connectivity index (χ4v) is 2.01. The minimum absolute atomic E-state index is 0.0817. The highest BCUT2D eigenvalue weighted by atomic mass is 16.6. The van der Waals surface area contributed by atoms with Crippen LogP contribution in [0.3, 0.4) is 0 Å². The highest BCUT2D eigenvalue weighted by Gasteiger charge is 2.28. The number of alkyl carbamates (subject to hydrolysis) is 1. The van der Waals surface area contributed by atoms with Crippen molar-refractivity contribution in [1.82, 2.24) is 5.32 Å². The van der Waals surface area contributed by atoms with Gasteiger partial charge in [0.05, 0.1) is 4.92 Å². The molecule has 0 saturated carbocycles. The minimum Gasteiger partial charge on any atom is -0.444 e. The van der Waals surface area contributed by atoms with Gasteiger partial charge >= 0.3 is 17.7 Å².